The molecule has 1 rings (SSSR count). The molecule has 5 heteroatoms. The molecule has 0 spiro atoms. The van der Waals surface area contributed by atoms with Crippen LogP contribution in [0.3, 0.4) is 0 Å². The normalized spacial score (nSPS) is 34.1. The third-order valence-corrected chi connectivity index (χ3v) is 1.98. The van der Waals surface area contributed by atoms with Crippen molar-refractivity contribution in [1.29, 1.82) is 0 Å². The van der Waals surface area contributed by atoms with E-state index >= 15 is 0 Å². The number of rotatable bonds is 1. The largest absolute Gasteiger partial charge is 0.468 e. The summed E-state index contributed by atoms with van der Waals surface area (Å²) in [6.07, 6.45) is -0.723. The van der Waals surface area contributed by atoms with E-state index in [9.17, 15) is 9.18 Å². The molecule has 1 saturated heterocycles. The van der Waals surface area contributed by atoms with Gasteiger partial charge in [0.2, 0.25) is 0 Å². The van der Waals surface area contributed by atoms with Gasteiger partial charge in [0.05, 0.1) is 7.11 Å². The minimum Gasteiger partial charge on any atom is -0.468 e. The number of esters is 1. The van der Waals surface area contributed by atoms with Crippen LogP contribution in [0.25, 0.3) is 0 Å². The smallest absolute Gasteiger partial charge is 0.325 e. The fourth-order valence-corrected chi connectivity index (χ4v) is 1.30. The Balaban J connectivity index is 0.00000121. The van der Waals surface area contributed by atoms with Crippen LogP contribution in [0.2, 0.25) is 0 Å². The van der Waals surface area contributed by atoms with Crippen molar-refractivity contribution in [2.75, 3.05) is 13.7 Å². The summed E-state index contributed by atoms with van der Waals surface area (Å²) < 4.78 is 17.2. The number of alkyl halides is 1. The lowest BCUT2D eigenvalue weighted by molar-refractivity contribution is -0.147. The molecule has 0 radical (unpaired) electrons. The van der Waals surface area contributed by atoms with E-state index in [4.69, 9.17) is 0 Å². The van der Waals surface area contributed by atoms with E-state index in [2.05, 4.69) is 10.1 Å². The topological polar surface area (TPSA) is 38.3 Å². The predicted molar refractivity (Wildman–Crippen MR) is 45.2 cm³/mol. The van der Waals surface area contributed by atoms with Crippen LogP contribution >= 0.6 is 12.4 Å². The molecule has 0 aromatic heterocycles. The highest BCUT2D eigenvalue weighted by Crippen LogP contribution is 2.22. The molecule has 3 nitrogen and oxygen atoms in total. The lowest BCUT2D eigenvalue weighted by Gasteiger charge is -2.19. The standard InChI is InChI=1S/C7H12FNO2.ClH/c1-7(6(10)11-2)3-5(8)4-9-7;/h5,9H,3-4H2,1-2H3;1H/t5-,7+;/m0./s1. The van der Waals surface area contributed by atoms with Crippen LogP contribution in [0.1, 0.15) is 13.3 Å². The molecule has 0 aliphatic carbocycles. The molecule has 72 valence electrons. The molecular weight excluding hydrogens is 185 g/mol. The quantitative estimate of drug-likeness (QED) is 0.628. The lowest BCUT2D eigenvalue weighted by atomic mass is 10.0. The van der Waals surface area contributed by atoms with Gasteiger partial charge in [-0.15, -0.1) is 12.4 Å². The van der Waals surface area contributed by atoms with Gasteiger partial charge in [-0.1, -0.05) is 0 Å². The Kier molecular flexibility index (Phi) is 3.93. The molecular formula is C7H13ClFNO2. The van der Waals surface area contributed by atoms with Crippen molar-refractivity contribution in [3.05, 3.63) is 0 Å². The molecule has 2 atom stereocenters. The number of methoxy groups -OCH3 is 1. The van der Waals surface area contributed by atoms with Crippen molar-refractivity contribution in [3.63, 3.8) is 0 Å². The third-order valence-electron chi connectivity index (χ3n) is 1.98. The maximum Gasteiger partial charge on any atom is 0.325 e. The molecule has 0 aromatic rings. The van der Waals surface area contributed by atoms with Gasteiger partial charge in [-0.3, -0.25) is 10.1 Å². The van der Waals surface area contributed by atoms with Gasteiger partial charge in [-0.25, -0.2) is 4.39 Å². The molecule has 1 aliphatic rings. The molecule has 1 N–H and O–H groups in total. The summed E-state index contributed by atoms with van der Waals surface area (Å²) in [5.41, 5.74) is -0.811. The van der Waals surface area contributed by atoms with E-state index in [0.717, 1.165) is 0 Å². The van der Waals surface area contributed by atoms with Gasteiger partial charge in [-0.2, -0.15) is 0 Å². The second-order valence-corrected chi connectivity index (χ2v) is 3.01. The Hall–Kier alpha value is -0.350. The average molecular weight is 198 g/mol. The highest BCUT2D eigenvalue weighted by Gasteiger charge is 2.41. The molecule has 0 bridgehead atoms. The van der Waals surface area contributed by atoms with Gasteiger partial charge >= 0.3 is 5.97 Å². The monoisotopic (exact) mass is 197 g/mol. The highest BCUT2D eigenvalue weighted by atomic mass is 35.5. The van der Waals surface area contributed by atoms with Crippen LogP contribution in [-0.4, -0.2) is 31.3 Å². The molecule has 0 unspecified atom stereocenters. The van der Waals surface area contributed by atoms with E-state index < -0.39 is 17.7 Å². The fraction of sp³-hybridized carbons (Fsp3) is 0.857. The van der Waals surface area contributed by atoms with Gasteiger partial charge in [0, 0.05) is 13.0 Å². The second-order valence-electron chi connectivity index (χ2n) is 3.01. The molecule has 1 fully saturated rings. The number of carbonyl (C=O) groups excluding carboxylic acids is 1. The minimum atomic E-state index is -0.931. The highest BCUT2D eigenvalue weighted by molar-refractivity contribution is 5.85. The lowest BCUT2D eigenvalue weighted by Crippen LogP contribution is -2.45. The zero-order chi connectivity index (χ0) is 8.48. The summed E-state index contributed by atoms with van der Waals surface area (Å²) in [4.78, 5) is 11.0. The van der Waals surface area contributed by atoms with E-state index in [1.165, 1.54) is 7.11 Å². The Morgan fingerprint density at radius 3 is 2.67 bits per heavy atom. The van der Waals surface area contributed by atoms with Gasteiger partial charge in [0.25, 0.3) is 0 Å². The first-order valence-corrected chi connectivity index (χ1v) is 3.56. The number of hydrogen-bond acceptors (Lipinski definition) is 3. The van der Waals surface area contributed by atoms with Crippen LogP contribution in [0, 0.1) is 0 Å². The van der Waals surface area contributed by atoms with Crippen LogP contribution in [0.5, 0.6) is 0 Å². The van der Waals surface area contributed by atoms with Crippen LogP contribution in [0.15, 0.2) is 0 Å². The van der Waals surface area contributed by atoms with Crippen molar-refractivity contribution in [3.8, 4) is 0 Å². The van der Waals surface area contributed by atoms with Crippen LogP contribution in [0.4, 0.5) is 4.39 Å². The second kappa shape index (κ2) is 4.05. The first-order chi connectivity index (χ1) is 5.08. The summed E-state index contributed by atoms with van der Waals surface area (Å²) in [7, 11) is 1.31. The number of hydrogen-bond donors (Lipinski definition) is 1. The van der Waals surface area contributed by atoms with E-state index in [-0.39, 0.29) is 25.4 Å². The van der Waals surface area contributed by atoms with Crippen LogP contribution < -0.4 is 5.32 Å². The number of halogens is 2. The molecule has 0 amide bonds. The number of nitrogens with one attached hydrogen (secondary N) is 1. The Morgan fingerprint density at radius 1 is 1.75 bits per heavy atom. The summed E-state index contributed by atoms with van der Waals surface area (Å²) in [6, 6.07) is 0. The first kappa shape index (κ1) is 11.6. The maximum absolute atomic E-state index is 12.6. The molecule has 0 aromatic carbocycles. The SMILES string of the molecule is COC(=O)[C@@]1(C)C[C@H](F)CN1.Cl. The van der Waals surface area contributed by atoms with Crippen molar-refractivity contribution in [1.82, 2.24) is 5.32 Å². The Morgan fingerprint density at radius 2 is 2.33 bits per heavy atom. The maximum atomic E-state index is 12.6. The average Bonchev–Trinajstić information content (AvgIpc) is 2.31. The van der Waals surface area contributed by atoms with Gasteiger partial charge in [0.1, 0.15) is 11.7 Å². The minimum absolute atomic E-state index is 0. The van der Waals surface area contributed by atoms with Gasteiger partial charge in [0.15, 0.2) is 0 Å². The molecule has 12 heavy (non-hydrogen) atoms. The number of carbonyl (C=O) groups is 1. The van der Waals surface area contributed by atoms with E-state index in [1.54, 1.807) is 6.92 Å². The van der Waals surface area contributed by atoms with Gasteiger partial charge in [-0.05, 0) is 6.92 Å². The van der Waals surface area contributed by atoms with Gasteiger partial charge < -0.3 is 4.74 Å². The van der Waals surface area contributed by atoms with E-state index in [0.29, 0.717) is 0 Å². The zero-order valence-electron chi connectivity index (χ0n) is 7.09. The van der Waals surface area contributed by atoms with Crippen molar-refractivity contribution in [2.45, 2.75) is 25.1 Å². The first-order valence-electron chi connectivity index (χ1n) is 3.56. The summed E-state index contributed by atoms with van der Waals surface area (Å²) in [6.45, 7) is 1.89. The Labute approximate surface area is 77.1 Å². The summed E-state index contributed by atoms with van der Waals surface area (Å²) >= 11 is 0. The van der Waals surface area contributed by atoms with Crippen LogP contribution in [-0.2, 0) is 9.53 Å². The molecule has 1 aliphatic heterocycles. The van der Waals surface area contributed by atoms with Crippen molar-refractivity contribution < 1.29 is 13.9 Å². The van der Waals surface area contributed by atoms with Crippen molar-refractivity contribution >= 4 is 18.4 Å². The zero-order valence-corrected chi connectivity index (χ0v) is 7.91. The summed E-state index contributed by atoms with van der Waals surface area (Å²) in [5, 5.41) is 2.78. The van der Waals surface area contributed by atoms with Crippen molar-refractivity contribution in [2.24, 2.45) is 0 Å². The molecule has 0 saturated carbocycles. The fourth-order valence-electron chi connectivity index (χ4n) is 1.30. The summed E-state index contributed by atoms with van der Waals surface area (Å²) in [5.74, 6) is -0.391. The van der Waals surface area contributed by atoms with E-state index in [1.807, 2.05) is 0 Å². The third kappa shape index (κ3) is 2.08. The Bertz CT molecular complexity index is 179. The molecule has 1 heterocycles. The number of ether oxygens (including phenoxy) is 1. The predicted octanol–water partition coefficient (Wildman–Crippen LogP) is 0.671.